The molecule has 2 aromatic heterocycles. The van der Waals surface area contributed by atoms with Gasteiger partial charge in [0.25, 0.3) is 5.95 Å². The average Bonchev–Trinajstić information content (AvgIpc) is 2.89. The van der Waals surface area contributed by atoms with E-state index >= 15 is 0 Å². The van der Waals surface area contributed by atoms with E-state index < -0.39 is 11.7 Å². The third-order valence-electron chi connectivity index (χ3n) is 4.41. The summed E-state index contributed by atoms with van der Waals surface area (Å²) in [5, 5.41) is 7.00. The first-order valence-corrected chi connectivity index (χ1v) is 8.46. The number of halogens is 3. The molecule has 28 heavy (non-hydrogen) atoms. The number of aromatic nitrogens is 4. The summed E-state index contributed by atoms with van der Waals surface area (Å²) < 4.78 is 39.3. The van der Waals surface area contributed by atoms with Gasteiger partial charge in [-0.05, 0) is 44.0 Å². The lowest BCUT2D eigenvalue weighted by Gasteiger charge is -2.08. The smallest absolute Gasteiger partial charge is 0.323 e. The van der Waals surface area contributed by atoms with E-state index in [0.29, 0.717) is 17.2 Å². The van der Waals surface area contributed by atoms with Crippen molar-refractivity contribution in [1.29, 1.82) is 0 Å². The summed E-state index contributed by atoms with van der Waals surface area (Å²) in [7, 11) is 0. The third kappa shape index (κ3) is 4.19. The second-order valence-electron chi connectivity index (χ2n) is 6.40. The molecule has 3 rings (SSSR count). The molecule has 146 valence electrons. The number of hydrogen-bond donors (Lipinski definition) is 1. The molecule has 0 fully saturated rings. The van der Waals surface area contributed by atoms with Crippen molar-refractivity contribution in [2.45, 2.75) is 33.4 Å². The van der Waals surface area contributed by atoms with Gasteiger partial charge in [0.1, 0.15) is 0 Å². The zero-order valence-electron chi connectivity index (χ0n) is 15.5. The summed E-state index contributed by atoms with van der Waals surface area (Å²) in [4.78, 5) is 20.5. The first-order chi connectivity index (χ1) is 13.1. The van der Waals surface area contributed by atoms with Gasteiger partial charge in [-0.1, -0.05) is 12.1 Å². The fourth-order valence-corrected chi connectivity index (χ4v) is 2.61. The Balaban J connectivity index is 1.65. The van der Waals surface area contributed by atoms with Gasteiger partial charge in [0.2, 0.25) is 5.91 Å². The molecule has 1 aromatic carbocycles. The number of anilines is 1. The number of nitrogens with one attached hydrogen (secondary N) is 1. The minimum absolute atomic E-state index is 0.0590. The standard InChI is InChI=1S/C19H18F3N5O/c1-11-12(2)26-27(13(11)3)18-23-9-16(10-24-18)25-17(28)8-14-4-6-15(7-5-14)19(20,21)22/h4-7,9-10H,8H2,1-3H3,(H,25,28). The van der Waals surface area contributed by atoms with Gasteiger partial charge in [-0.3, -0.25) is 4.79 Å². The van der Waals surface area contributed by atoms with Gasteiger partial charge in [0.15, 0.2) is 0 Å². The van der Waals surface area contributed by atoms with E-state index in [1.165, 1.54) is 24.5 Å². The lowest BCUT2D eigenvalue weighted by molar-refractivity contribution is -0.137. The summed E-state index contributed by atoms with van der Waals surface area (Å²) in [6.07, 6.45) is -1.54. The average molecular weight is 389 g/mol. The Morgan fingerprint density at radius 1 is 1.07 bits per heavy atom. The SMILES string of the molecule is Cc1nn(-c2ncc(NC(=O)Cc3ccc(C(F)(F)F)cc3)cn2)c(C)c1C. The fraction of sp³-hybridized carbons (Fsp3) is 0.263. The number of carbonyl (C=O) groups excluding carboxylic acids is 1. The zero-order chi connectivity index (χ0) is 20.5. The van der Waals surface area contributed by atoms with Gasteiger partial charge in [-0.15, -0.1) is 0 Å². The van der Waals surface area contributed by atoms with Crippen molar-refractivity contribution < 1.29 is 18.0 Å². The predicted molar refractivity (Wildman–Crippen MR) is 97.1 cm³/mol. The van der Waals surface area contributed by atoms with Crippen LogP contribution in [0.15, 0.2) is 36.7 Å². The first kappa shape index (κ1) is 19.5. The molecule has 0 aliphatic carbocycles. The van der Waals surface area contributed by atoms with Crippen LogP contribution in [-0.2, 0) is 17.4 Å². The van der Waals surface area contributed by atoms with E-state index in [0.717, 1.165) is 29.1 Å². The zero-order valence-corrected chi connectivity index (χ0v) is 15.5. The van der Waals surface area contributed by atoms with Crippen LogP contribution in [0.3, 0.4) is 0 Å². The number of carbonyl (C=O) groups is 1. The maximum absolute atomic E-state index is 12.6. The predicted octanol–water partition coefficient (Wildman–Crippen LogP) is 3.79. The Bertz CT molecular complexity index is 992. The maximum atomic E-state index is 12.6. The van der Waals surface area contributed by atoms with Gasteiger partial charge in [0.05, 0.1) is 35.8 Å². The molecule has 3 aromatic rings. The molecular formula is C19H18F3N5O. The number of amides is 1. The number of aryl methyl sites for hydroxylation is 1. The lowest BCUT2D eigenvalue weighted by Crippen LogP contribution is -2.15. The highest BCUT2D eigenvalue weighted by molar-refractivity contribution is 5.91. The summed E-state index contributed by atoms with van der Waals surface area (Å²) in [5.41, 5.74) is 2.98. The number of rotatable bonds is 4. The fourth-order valence-electron chi connectivity index (χ4n) is 2.61. The number of hydrogen-bond acceptors (Lipinski definition) is 4. The van der Waals surface area contributed by atoms with Crippen molar-refractivity contribution in [3.8, 4) is 5.95 Å². The number of benzene rings is 1. The van der Waals surface area contributed by atoms with E-state index in [9.17, 15) is 18.0 Å². The van der Waals surface area contributed by atoms with Crippen molar-refractivity contribution in [1.82, 2.24) is 19.7 Å². The Morgan fingerprint density at radius 3 is 2.18 bits per heavy atom. The number of alkyl halides is 3. The summed E-state index contributed by atoms with van der Waals surface area (Å²) >= 11 is 0. The van der Waals surface area contributed by atoms with Crippen LogP contribution in [-0.4, -0.2) is 25.7 Å². The lowest BCUT2D eigenvalue weighted by atomic mass is 10.1. The second-order valence-corrected chi connectivity index (χ2v) is 6.40. The molecule has 0 saturated carbocycles. The van der Waals surface area contributed by atoms with Crippen molar-refractivity contribution >= 4 is 11.6 Å². The highest BCUT2D eigenvalue weighted by Crippen LogP contribution is 2.29. The van der Waals surface area contributed by atoms with Crippen LogP contribution in [0.25, 0.3) is 5.95 Å². The molecule has 0 spiro atoms. The quantitative estimate of drug-likeness (QED) is 0.737. The van der Waals surface area contributed by atoms with Crippen LogP contribution in [0.5, 0.6) is 0 Å². The van der Waals surface area contributed by atoms with E-state index in [-0.39, 0.29) is 12.3 Å². The molecule has 0 saturated heterocycles. The van der Waals surface area contributed by atoms with Gasteiger partial charge in [0, 0.05) is 5.69 Å². The summed E-state index contributed by atoms with van der Waals surface area (Å²) in [6.45, 7) is 5.77. The molecule has 0 unspecified atom stereocenters. The first-order valence-electron chi connectivity index (χ1n) is 8.46. The second kappa shape index (κ2) is 7.41. The highest BCUT2D eigenvalue weighted by atomic mass is 19.4. The summed E-state index contributed by atoms with van der Waals surface area (Å²) in [5.74, 6) is 0.00695. The van der Waals surface area contributed by atoms with E-state index in [2.05, 4.69) is 20.4 Å². The largest absolute Gasteiger partial charge is 0.416 e. The monoisotopic (exact) mass is 389 g/mol. The molecule has 0 aliphatic rings. The molecule has 0 aliphatic heterocycles. The van der Waals surface area contributed by atoms with Gasteiger partial charge >= 0.3 is 6.18 Å². The van der Waals surface area contributed by atoms with E-state index in [4.69, 9.17) is 0 Å². The number of nitrogens with zero attached hydrogens (tertiary/aromatic N) is 4. The Morgan fingerprint density at radius 2 is 1.68 bits per heavy atom. The van der Waals surface area contributed by atoms with Crippen molar-refractivity contribution in [3.05, 3.63) is 64.7 Å². The maximum Gasteiger partial charge on any atom is 0.416 e. The van der Waals surface area contributed by atoms with Crippen LogP contribution in [0.4, 0.5) is 18.9 Å². The minimum atomic E-state index is -4.40. The molecule has 6 nitrogen and oxygen atoms in total. The van der Waals surface area contributed by atoms with Crippen molar-refractivity contribution in [2.24, 2.45) is 0 Å². The highest BCUT2D eigenvalue weighted by Gasteiger charge is 2.29. The van der Waals surface area contributed by atoms with E-state index in [1.54, 1.807) is 4.68 Å². The Hall–Kier alpha value is -3.23. The molecule has 0 atom stereocenters. The van der Waals surface area contributed by atoms with Crippen LogP contribution < -0.4 is 5.32 Å². The van der Waals surface area contributed by atoms with E-state index in [1.807, 2.05) is 20.8 Å². The normalized spacial score (nSPS) is 11.5. The molecule has 1 amide bonds. The van der Waals surface area contributed by atoms with Crippen LogP contribution in [0.2, 0.25) is 0 Å². The summed E-state index contributed by atoms with van der Waals surface area (Å²) in [6, 6.07) is 4.48. The van der Waals surface area contributed by atoms with Crippen molar-refractivity contribution in [2.75, 3.05) is 5.32 Å². The molecular weight excluding hydrogens is 371 g/mol. The van der Waals surface area contributed by atoms with Crippen LogP contribution in [0.1, 0.15) is 28.1 Å². The molecule has 2 heterocycles. The Kier molecular flexibility index (Phi) is 5.17. The third-order valence-corrected chi connectivity index (χ3v) is 4.41. The molecule has 0 radical (unpaired) electrons. The molecule has 1 N–H and O–H groups in total. The minimum Gasteiger partial charge on any atom is -0.323 e. The molecule has 9 heteroatoms. The van der Waals surface area contributed by atoms with Gasteiger partial charge < -0.3 is 5.32 Å². The van der Waals surface area contributed by atoms with Gasteiger partial charge in [-0.2, -0.15) is 18.3 Å². The van der Waals surface area contributed by atoms with Crippen LogP contribution >= 0.6 is 0 Å². The molecule has 0 bridgehead atoms. The topological polar surface area (TPSA) is 72.7 Å². The van der Waals surface area contributed by atoms with Gasteiger partial charge in [-0.25, -0.2) is 14.6 Å². The van der Waals surface area contributed by atoms with Crippen LogP contribution in [0, 0.1) is 20.8 Å². The Labute approximate surface area is 159 Å². The van der Waals surface area contributed by atoms with Crippen molar-refractivity contribution in [3.63, 3.8) is 0 Å².